The fourth-order valence-corrected chi connectivity index (χ4v) is 4.43. The van der Waals surface area contributed by atoms with Crippen molar-refractivity contribution >= 4 is 23.2 Å². The maximum absolute atomic E-state index is 14.4. The molecule has 2 aliphatic heterocycles. The van der Waals surface area contributed by atoms with Gasteiger partial charge in [0, 0.05) is 36.6 Å². The number of nitrogens with two attached hydrogens (primary N) is 2. The zero-order valence-corrected chi connectivity index (χ0v) is 19.8. The first kappa shape index (κ1) is 25.1. The normalized spacial score (nSPS) is 14.6. The topological polar surface area (TPSA) is 113 Å². The van der Waals surface area contributed by atoms with Crippen LogP contribution in [0.15, 0.2) is 54.6 Å². The van der Waals surface area contributed by atoms with Crippen LogP contribution in [0, 0.1) is 11.6 Å². The molecule has 1 saturated heterocycles. The standard InChI is InChI=1S/C21H23FN4O2.C6H6FN/c22-18-11-13(23)3-4-15(18)14-5-6-16(19-17(14)12-25-21(19)28)20(27)24-7-10-26-8-1-2-9-26;7-5-1-3-6(8)4-2-5/h3-6,11H,1-2,7-10,12,23H2,(H,24,27)(H,25,28);1-4H,8H2. The molecule has 0 radical (unpaired) electrons. The van der Waals surface area contributed by atoms with Crippen molar-refractivity contribution in [2.75, 3.05) is 37.6 Å². The van der Waals surface area contributed by atoms with Gasteiger partial charge in [-0.05, 0) is 85.6 Å². The Kier molecular flexibility index (Phi) is 7.80. The molecule has 2 heterocycles. The highest BCUT2D eigenvalue weighted by molar-refractivity contribution is 6.11. The van der Waals surface area contributed by atoms with Gasteiger partial charge in [-0.1, -0.05) is 6.07 Å². The van der Waals surface area contributed by atoms with Gasteiger partial charge >= 0.3 is 0 Å². The number of nitrogen functional groups attached to an aromatic ring is 2. The summed E-state index contributed by atoms with van der Waals surface area (Å²) in [5.41, 5.74) is 14.1. The summed E-state index contributed by atoms with van der Waals surface area (Å²) >= 11 is 0. The lowest BCUT2D eigenvalue weighted by atomic mass is 9.92. The summed E-state index contributed by atoms with van der Waals surface area (Å²) in [6, 6.07) is 13.5. The molecule has 3 aromatic carbocycles. The second kappa shape index (κ2) is 11.2. The molecule has 0 atom stereocenters. The Morgan fingerprint density at radius 2 is 1.61 bits per heavy atom. The molecule has 0 bridgehead atoms. The summed E-state index contributed by atoms with van der Waals surface area (Å²) < 4.78 is 26.4. The Morgan fingerprint density at radius 3 is 2.28 bits per heavy atom. The number of amides is 2. The highest BCUT2D eigenvalue weighted by atomic mass is 19.1. The van der Waals surface area contributed by atoms with E-state index in [1.54, 1.807) is 24.3 Å². The summed E-state index contributed by atoms with van der Waals surface area (Å²) in [7, 11) is 0. The van der Waals surface area contributed by atoms with Gasteiger partial charge in [-0.25, -0.2) is 8.78 Å². The molecule has 0 spiro atoms. The average molecular weight is 494 g/mol. The number of benzene rings is 3. The Balaban J connectivity index is 0.000000325. The van der Waals surface area contributed by atoms with Crippen molar-refractivity contribution in [1.82, 2.24) is 15.5 Å². The minimum atomic E-state index is -0.454. The van der Waals surface area contributed by atoms with Crippen molar-refractivity contribution in [1.29, 1.82) is 0 Å². The quantitative estimate of drug-likeness (QED) is 0.406. The summed E-state index contributed by atoms with van der Waals surface area (Å²) in [5, 5.41) is 5.65. The number of carbonyl (C=O) groups is 2. The Morgan fingerprint density at radius 1 is 0.944 bits per heavy atom. The summed E-state index contributed by atoms with van der Waals surface area (Å²) in [4.78, 5) is 27.4. The van der Waals surface area contributed by atoms with Gasteiger partial charge in [0.1, 0.15) is 11.6 Å². The first-order valence-electron chi connectivity index (χ1n) is 11.8. The zero-order valence-electron chi connectivity index (χ0n) is 19.8. The van der Waals surface area contributed by atoms with Gasteiger partial charge in [-0.2, -0.15) is 0 Å². The Bertz CT molecular complexity index is 1240. The van der Waals surface area contributed by atoms with Crippen LogP contribution in [0.5, 0.6) is 0 Å². The van der Waals surface area contributed by atoms with Gasteiger partial charge < -0.3 is 27.0 Å². The van der Waals surface area contributed by atoms with Gasteiger partial charge in [0.05, 0.1) is 11.1 Å². The molecule has 9 heteroatoms. The molecule has 0 unspecified atom stereocenters. The molecule has 1 fully saturated rings. The van der Waals surface area contributed by atoms with Crippen LogP contribution in [-0.2, 0) is 6.54 Å². The molecular weight excluding hydrogens is 464 g/mol. The maximum Gasteiger partial charge on any atom is 0.252 e. The monoisotopic (exact) mass is 493 g/mol. The molecular formula is C27H29F2N5O2. The third kappa shape index (κ3) is 5.80. The number of likely N-dealkylation sites (tertiary alicyclic amines) is 1. The van der Waals surface area contributed by atoms with Crippen LogP contribution in [-0.4, -0.2) is 42.9 Å². The average Bonchev–Trinajstić information content (AvgIpc) is 3.51. The minimum Gasteiger partial charge on any atom is -0.399 e. The van der Waals surface area contributed by atoms with Crippen LogP contribution >= 0.6 is 0 Å². The van der Waals surface area contributed by atoms with E-state index in [0.717, 1.165) is 19.6 Å². The van der Waals surface area contributed by atoms with Crippen molar-refractivity contribution in [3.8, 4) is 11.1 Å². The van der Waals surface area contributed by atoms with Crippen LogP contribution in [0.2, 0.25) is 0 Å². The third-order valence-electron chi connectivity index (χ3n) is 6.28. The molecule has 0 aromatic heterocycles. The van der Waals surface area contributed by atoms with E-state index in [2.05, 4.69) is 15.5 Å². The lowest BCUT2D eigenvalue weighted by Crippen LogP contribution is -2.34. The highest BCUT2D eigenvalue weighted by Gasteiger charge is 2.29. The van der Waals surface area contributed by atoms with E-state index in [4.69, 9.17) is 11.5 Å². The first-order chi connectivity index (χ1) is 17.3. The molecule has 188 valence electrons. The molecule has 36 heavy (non-hydrogen) atoms. The molecule has 5 rings (SSSR count). The number of nitrogens with zero attached hydrogens (tertiary/aromatic N) is 1. The fourth-order valence-electron chi connectivity index (χ4n) is 4.43. The zero-order chi connectivity index (χ0) is 25.7. The van der Waals surface area contributed by atoms with E-state index in [1.807, 2.05) is 0 Å². The van der Waals surface area contributed by atoms with Gasteiger partial charge in [0.25, 0.3) is 11.8 Å². The molecule has 6 N–H and O–H groups in total. The fraction of sp³-hybridized carbons (Fsp3) is 0.259. The lowest BCUT2D eigenvalue weighted by Gasteiger charge is -2.16. The smallest absolute Gasteiger partial charge is 0.252 e. The van der Waals surface area contributed by atoms with E-state index in [9.17, 15) is 18.4 Å². The molecule has 2 amide bonds. The number of hydrogen-bond donors (Lipinski definition) is 4. The lowest BCUT2D eigenvalue weighted by molar-refractivity contribution is 0.0924. The van der Waals surface area contributed by atoms with E-state index in [0.29, 0.717) is 45.7 Å². The minimum absolute atomic E-state index is 0.251. The van der Waals surface area contributed by atoms with Gasteiger partial charge in [0.2, 0.25) is 0 Å². The summed E-state index contributed by atoms with van der Waals surface area (Å²) in [6.45, 7) is 3.73. The van der Waals surface area contributed by atoms with Crippen LogP contribution in [0.1, 0.15) is 39.1 Å². The number of rotatable bonds is 5. The van der Waals surface area contributed by atoms with Crippen molar-refractivity contribution < 1.29 is 18.4 Å². The molecule has 3 aromatic rings. The van der Waals surface area contributed by atoms with Crippen molar-refractivity contribution in [3.05, 3.63) is 82.9 Å². The van der Waals surface area contributed by atoms with E-state index >= 15 is 0 Å². The number of halogens is 2. The maximum atomic E-state index is 14.4. The highest BCUT2D eigenvalue weighted by Crippen LogP contribution is 2.33. The van der Waals surface area contributed by atoms with Gasteiger partial charge in [0.15, 0.2) is 0 Å². The second-order valence-corrected chi connectivity index (χ2v) is 8.79. The van der Waals surface area contributed by atoms with E-state index < -0.39 is 5.82 Å². The number of hydrogen-bond acceptors (Lipinski definition) is 5. The molecule has 7 nitrogen and oxygen atoms in total. The summed E-state index contributed by atoms with van der Waals surface area (Å²) in [6.07, 6.45) is 2.40. The number of fused-ring (bicyclic) bond motifs is 1. The molecule has 2 aliphatic rings. The number of nitrogens with one attached hydrogen (secondary N) is 2. The third-order valence-corrected chi connectivity index (χ3v) is 6.28. The number of anilines is 2. The summed E-state index contributed by atoms with van der Waals surface area (Å²) in [5.74, 6) is -1.29. The predicted octanol–water partition coefficient (Wildman–Crippen LogP) is 3.55. The molecule has 0 aliphatic carbocycles. The van der Waals surface area contributed by atoms with E-state index in [1.165, 1.54) is 43.2 Å². The van der Waals surface area contributed by atoms with Gasteiger partial charge in [-0.15, -0.1) is 0 Å². The van der Waals surface area contributed by atoms with Crippen molar-refractivity contribution in [2.24, 2.45) is 0 Å². The van der Waals surface area contributed by atoms with Crippen LogP contribution in [0.25, 0.3) is 11.1 Å². The Labute approximate surface area is 208 Å². The first-order valence-corrected chi connectivity index (χ1v) is 11.8. The van der Waals surface area contributed by atoms with Crippen molar-refractivity contribution in [3.63, 3.8) is 0 Å². The van der Waals surface area contributed by atoms with Crippen LogP contribution in [0.3, 0.4) is 0 Å². The van der Waals surface area contributed by atoms with Crippen molar-refractivity contribution in [2.45, 2.75) is 19.4 Å². The van der Waals surface area contributed by atoms with E-state index in [-0.39, 0.29) is 24.2 Å². The Hall–Kier alpha value is -3.98. The van der Waals surface area contributed by atoms with Gasteiger partial charge in [-0.3, -0.25) is 9.59 Å². The second-order valence-electron chi connectivity index (χ2n) is 8.79. The largest absolute Gasteiger partial charge is 0.399 e. The van der Waals surface area contributed by atoms with Crippen LogP contribution in [0.4, 0.5) is 20.2 Å². The predicted molar refractivity (Wildman–Crippen MR) is 136 cm³/mol. The molecule has 0 saturated carbocycles. The SMILES string of the molecule is Nc1ccc(-c2ccc(C(=O)NCCN3CCCC3)c3c2CNC3=O)c(F)c1.Nc1ccc(F)cc1. The van der Waals surface area contributed by atoms with Crippen LogP contribution < -0.4 is 22.1 Å². The number of carbonyl (C=O) groups excluding carboxylic acids is 2.